The molecule has 0 spiro atoms. The highest BCUT2D eigenvalue weighted by Crippen LogP contribution is 2.42. The van der Waals surface area contributed by atoms with Crippen LogP contribution < -0.4 is 5.32 Å². The number of aromatic nitrogens is 2. The summed E-state index contributed by atoms with van der Waals surface area (Å²) in [6, 6.07) is 5.48. The molecule has 2 heterocycles. The van der Waals surface area contributed by atoms with E-state index in [2.05, 4.69) is 15.5 Å². The van der Waals surface area contributed by atoms with Crippen LogP contribution >= 0.6 is 0 Å². The monoisotopic (exact) mass is 456 g/mol. The quantitative estimate of drug-likeness (QED) is 0.751. The summed E-state index contributed by atoms with van der Waals surface area (Å²) >= 11 is 0. The van der Waals surface area contributed by atoms with Crippen molar-refractivity contribution in [3.05, 3.63) is 48.3 Å². The second-order valence-electron chi connectivity index (χ2n) is 7.92. The Bertz CT molecular complexity index is 1040. The number of alkyl halides is 3. The summed E-state index contributed by atoms with van der Waals surface area (Å²) in [5, 5.41) is 9.99. The molecule has 0 bridgehead atoms. The first-order chi connectivity index (χ1) is 14.4. The summed E-state index contributed by atoms with van der Waals surface area (Å²) in [5.74, 6) is -0.412. The molecule has 0 saturated carbocycles. The van der Waals surface area contributed by atoms with Crippen LogP contribution in [0.25, 0.3) is 0 Å². The molecule has 0 aliphatic carbocycles. The lowest BCUT2D eigenvalue weighted by molar-refractivity contribution is -0.139. The van der Waals surface area contributed by atoms with Gasteiger partial charge in [0.2, 0.25) is 0 Å². The normalized spacial score (nSPS) is 16.2. The van der Waals surface area contributed by atoms with Crippen LogP contribution in [0.4, 0.5) is 23.7 Å². The van der Waals surface area contributed by atoms with Gasteiger partial charge in [-0.1, -0.05) is 12.1 Å². The smallest absolute Gasteiger partial charge is 0.325 e. The molecule has 2 aromatic rings. The predicted octanol–water partition coefficient (Wildman–Crippen LogP) is 3.99. The van der Waals surface area contributed by atoms with Crippen molar-refractivity contribution in [2.75, 3.05) is 18.4 Å². The van der Waals surface area contributed by atoms with E-state index in [1.807, 2.05) is 0 Å². The van der Waals surface area contributed by atoms with Crippen LogP contribution in [0.1, 0.15) is 32.3 Å². The molecular formula is C20H23F3N4O3S. The molecule has 1 fully saturated rings. The maximum atomic E-state index is 13.4. The number of piperidine rings is 1. The fraction of sp³-hybridized carbons (Fsp3) is 0.450. The molecule has 11 heteroatoms. The van der Waals surface area contributed by atoms with E-state index in [0.29, 0.717) is 18.5 Å². The van der Waals surface area contributed by atoms with Gasteiger partial charge in [-0.05, 0) is 50.8 Å². The van der Waals surface area contributed by atoms with Crippen molar-refractivity contribution in [2.45, 2.75) is 42.5 Å². The number of carbonyl (C=O) groups excluding carboxylic acids is 1. The number of nitrogens with one attached hydrogen (secondary N) is 1. The summed E-state index contributed by atoms with van der Waals surface area (Å²) in [6.45, 7) is 3.49. The topological polar surface area (TPSA) is 92.3 Å². The van der Waals surface area contributed by atoms with E-state index in [1.165, 1.54) is 38.4 Å². The molecule has 2 amide bonds. The van der Waals surface area contributed by atoms with Crippen LogP contribution in [-0.2, 0) is 16.0 Å². The van der Waals surface area contributed by atoms with E-state index in [9.17, 15) is 26.4 Å². The first-order valence-corrected chi connectivity index (χ1v) is 11.2. The molecule has 1 aromatic heterocycles. The number of hydrogen-bond donors (Lipinski definition) is 1. The van der Waals surface area contributed by atoms with Gasteiger partial charge in [0.05, 0.1) is 33.3 Å². The average molecular weight is 456 g/mol. The third kappa shape index (κ3) is 4.65. The zero-order chi connectivity index (χ0) is 22.9. The lowest BCUT2D eigenvalue weighted by atomic mass is 9.86. The highest BCUT2D eigenvalue weighted by molar-refractivity contribution is 7.92. The number of nitrogens with zero attached hydrogens (tertiary/aromatic N) is 3. The van der Waals surface area contributed by atoms with Gasteiger partial charge >= 0.3 is 12.2 Å². The van der Waals surface area contributed by atoms with Gasteiger partial charge in [-0.3, -0.25) is 0 Å². The zero-order valence-electron chi connectivity index (χ0n) is 17.1. The van der Waals surface area contributed by atoms with Crippen LogP contribution in [-0.4, -0.2) is 47.4 Å². The Morgan fingerprint density at radius 2 is 1.74 bits per heavy atom. The molecule has 0 radical (unpaired) electrons. The molecule has 1 aliphatic rings. The van der Waals surface area contributed by atoms with Crippen molar-refractivity contribution < 1.29 is 26.4 Å². The van der Waals surface area contributed by atoms with Crippen LogP contribution in [0.2, 0.25) is 0 Å². The van der Waals surface area contributed by atoms with Gasteiger partial charge in [-0.2, -0.15) is 23.4 Å². The molecule has 1 aromatic carbocycles. The number of carbonyl (C=O) groups is 1. The van der Waals surface area contributed by atoms with Gasteiger partial charge in [0.15, 0.2) is 9.84 Å². The Hall–Kier alpha value is -2.69. The fourth-order valence-electron chi connectivity index (χ4n) is 3.78. The van der Waals surface area contributed by atoms with Crippen molar-refractivity contribution in [1.82, 2.24) is 15.1 Å². The first-order valence-electron chi connectivity index (χ1n) is 9.68. The molecule has 0 atom stereocenters. The molecule has 3 rings (SSSR count). The molecule has 7 nitrogen and oxygen atoms in total. The zero-order valence-corrected chi connectivity index (χ0v) is 17.9. The van der Waals surface area contributed by atoms with E-state index in [1.54, 1.807) is 11.0 Å². The molecule has 1 N–H and O–H groups in total. The lowest BCUT2D eigenvalue weighted by Crippen LogP contribution is -2.48. The van der Waals surface area contributed by atoms with Gasteiger partial charge in [0.25, 0.3) is 0 Å². The first kappa shape index (κ1) is 23.0. The van der Waals surface area contributed by atoms with E-state index < -0.39 is 37.1 Å². The molecule has 1 aliphatic heterocycles. The Morgan fingerprint density at radius 1 is 1.10 bits per heavy atom. The standard InChI is InChI=1S/C20H23F3N4O3S/c1-19(2,31(29,30)17-6-4-3-5-16(17)20(21,22)23)14-8-11-27(12-9-14)18(28)26-15-7-10-24-25-13-15/h3-7,10,13-14H,8-9,11-12H2,1-2H3,(H,24,26,28). The number of likely N-dealkylation sites (tertiary alicyclic amines) is 1. The maximum absolute atomic E-state index is 13.4. The van der Waals surface area contributed by atoms with Crippen LogP contribution in [0.5, 0.6) is 0 Å². The third-order valence-corrected chi connectivity index (χ3v) is 8.43. The van der Waals surface area contributed by atoms with Gasteiger partial charge in [0, 0.05) is 13.1 Å². The summed E-state index contributed by atoms with van der Waals surface area (Å²) < 4.78 is 65.3. The Morgan fingerprint density at radius 3 is 2.32 bits per heavy atom. The van der Waals surface area contributed by atoms with Crippen molar-refractivity contribution >= 4 is 21.6 Å². The minimum Gasteiger partial charge on any atom is -0.325 e. The van der Waals surface area contributed by atoms with E-state index >= 15 is 0 Å². The van der Waals surface area contributed by atoms with Crippen LogP contribution in [0.3, 0.4) is 0 Å². The summed E-state index contributed by atoms with van der Waals surface area (Å²) in [6.07, 6.45) is -1.24. The minimum absolute atomic E-state index is 0.287. The molecular weight excluding hydrogens is 433 g/mol. The second kappa shape index (κ2) is 8.45. The van der Waals surface area contributed by atoms with Crippen LogP contribution in [0.15, 0.2) is 47.6 Å². The number of sulfone groups is 1. The minimum atomic E-state index is -4.77. The number of amides is 2. The number of urea groups is 1. The molecule has 0 unspecified atom stereocenters. The van der Waals surface area contributed by atoms with Gasteiger partial charge in [-0.15, -0.1) is 0 Å². The van der Waals surface area contributed by atoms with Crippen molar-refractivity contribution in [1.29, 1.82) is 0 Å². The van der Waals surface area contributed by atoms with Crippen molar-refractivity contribution in [2.24, 2.45) is 5.92 Å². The summed E-state index contributed by atoms with van der Waals surface area (Å²) in [5.41, 5.74) is -0.681. The molecule has 31 heavy (non-hydrogen) atoms. The van der Waals surface area contributed by atoms with E-state index in [4.69, 9.17) is 0 Å². The maximum Gasteiger partial charge on any atom is 0.417 e. The van der Waals surface area contributed by atoms with Crippen molar-refractivity contribution in [3.63, 3.8) is 0 Å². The highest BCUT2D eigenvalue weighted by atomic mass is 32.2. The lowest BCUT2D eigenvalue weighted by Gasteiger charge is -2.40. The largest absolute Gasteiger partial charge is 0.417 e. The van der Waals surface area contributed by atoms with E-state index in [0.717, 1.165) is 12.1 Å². The number of benzene rings is 1. The summed E-state index contributed by atoms with van der Waals surface area (Å²) in [7, 11) is -4.29. The number of halogens is 3. The molecule has 168 valence electrons. The average Bonchev–Trinajstić information content (AvgIpc) is 2.74. The molecule has 1 saturated heterocycles. The Balaban J connectivity index is 1.75. The number of anilines is 1. The van der Waals surface area contributed by atoms with E-state index in [-0.39, 0.29) is 19.1 Å². The highest BCUT2D eigenvalue weighted by Gasteiger charge is 2.47. The Kier molecular flexibility index (Phi) is 6.26. The van der Waals surface area contributed by atoms with Crippen LogP contribution in [0, 0.1) is 5.92 Å². The summed E-state index contributed by atoms with van der Waals surface area (Å²) in [4.78, 5) is 13.3. The van der Waals surface area contributed by atoms with Gasteiger partial charge in [-0.25, -0.2) is 13.2 Å². The predicted molar refractivity (Wildman–Crippen MR) is 108 cm³/mol. The number of hydrogen-bond acceptors (Lipinski definition) is 5. The second-order valence-corrected chi connectivity index (χ2v) is 10.4. The fourth-order valence-corrected chi connectivity index (χ4v) is 5.76. The van der Waals surface area contributed by atoms with Crippen molar-refractivity contribution in [3.8, 4) is 0 Å². The SMILES string of the molecule is CC(C)(C1CCN(C(=O)Nc2ccnnc2)CC1)S(=O)(=O)c1ccccc1C(F)(F)F. The number of rotatable bonds is 4. The van der Waals surface area contributed by atoms with Gasteiger partial charge < -0.3 is 10.2 Å². The van der Waals surface area contributed by atoms with Gasteiger partial charge in [0.1, 0.15) is 0 Å². The Labute approximate surface area is 178 Å². The third-order valence-electron chi connectivity index (χ3n) is 5.78.